The molecule has 0 bridgehead atoms. The molecule has 14 heavy (non-hydrogen) atoms. The van der Waals surface area contributed by atoms with Crippen molar-refractivity contribution in [2.24, 2.45) is 5.92 Å². The highest BCUT2D eigenvalue weighted by Crippen LogP contribution is 2.09. The number of rotatable bonds is 2. The van der Waals surface area contributed by atoms with Crippen molar-refractivity contribution >= 4 is 0 Å². The van der Waals surface area contributed by atoms with Crippen LogP contribution in [0.25, 0.3) is 0 Å². The Morgan fingerprint density at radius 3 is 3.36 bits per heavy atom. The van der Waals surface area contributed by atoms with Gasteiger partial charge < -0.3 is 9.73 Å². The predicted molar refractivity (Wildman–Crippen MR) is 56.0 cm³/mol. The smallest absolute Gasteiger partial charge is 0.0947 e. The molecule has 0 spiro atoms. The van der Waals surface area contributed by atoms with Crippen molar-refractivity contribution < 1.29 is 4.42 Å². The molecular weight excluding hydrogens is 176 g/mol. The van der Waals surface area contributed by atoms with Crippen LogP contribution in [0, 0.1) is 5.92 Å². The van der Waals surface area contributed by atoms with Crippen LogP contribution in [-0.2, 0) is 6.54 Å². The van der Waals surface area contributed by atoms with Gasteiger partial charge in [0, 0.05) is 31.7 Å². The van der Waals surface area contributed by atoms with Crippen LogP contribution in [0.5, 0.6) is 0 Å². The van der Waals surface area contributed by atoms with Gasteiger partial charge in [0.1, 0.15) is 0 Å². The Balaban J connectivity index is 1.90. The third-order valence-corrected chi connectivity index (χ3v) is 2.65. The van der Waals surface area contributed by atoms with Crippen molar-refractivity contribution in [1.82, 2.24) is 10.2 Å². The van der Waals surface area contributed by atoms with Crippen LogP contribution in [0.3, 0.4) is 0 Å². The fraction of sp³-hybridized carbons (Fsp3) is 0.636. The molecule has 3 heteroatoms. The number of nitrogens with zero attached hydrogens (tertiary/aromatic N) is 1. The van der Waals surface area contributed by atoms with Crippen LogP contribution in [0.15, 0.2) is 23.0 Å². The van der Waals surface area contributed by atoms with Gasteiger partial charge in [-0.05, 0) is 18.5 Å². The maximum Gasteiger partial charge on any atom is 0.0947 e. The standard InChI is InChI=1S/C11H18N2O/c1-10-6-12-3-4-13(7-10)8-11-2-5-14-9-11/h2,5,9-10,12H,3-4,6-8H2,1H3. The van der Waals surface area contributed by atoms with Crippen molar-refractivity contribution in [3.63, 3.8) is 0 Å². The minimum atomic E-state index is 0.740. The summed E-state index contributed by atoms with van der Waals surface area (Å²) in [4.78, 5) is 2.48. The van der Waals surface area contributed by atoms with Crippen molar-refractivity contribution in [3.8, 4) is 0 Å². The van der Waals surface area contributed by atoms with Gasteiger partial charge in [-0.3, -0.25) is 4.90 Å². The molecule has 0 aromatic carbocycles. The van der Waals surface area contributed by atoms with Crippen LogP contribution in [-0.4, -0.2) is 31.1 Å². The highest BCUT2D eigenvalue weighted by Gasteiger charge is 2.14. The van der Waals surface area contributed by atoms with E-state index < -0.39 is 0 Å². The molecule has 0 aliphatic carbocycles. The van der Waals surface area contributed by atoms with E-state index in [0.717, 1.165) is 32.1 Å². The maximum atomic E-state index is 5.07. The third kappa shape index (κ3) is 2.59. The van der Waals surface area contributed by atoms with E-state index in [9.17, 15) is 0 Å². The Morgan fingerprint density at radius 2 is 2.57 bits per heavy atom. The van der Waals surface area contributed by atoms with E-state index >= 15 is 0 Å². The number of hydrogen-bond donors (Lipinski definition) is 1. The van der Waals surface area contributed by atoms with E-state index in [0.29, 0.717) is 0 Å². The van der Waals surface area contributed by atoms with Gasteiger partial charge in [-0.15, -0.1) is 0 Å². The molecule has 3 nitrogen and oxygen atoms in total. The zero-order chi connectivity index (χ0) is 9.80. The third-order valence-electron chi connectivity index (χ3n) is 2.65. The monoisotopic (exact) mass is 194 g/mol. The number of nitrogens with one attached hydrogen (secondary N) is 1. The Bertz CT molecular complexity index is 258. The highest BCUT2D eigenvalue weighted by molar-refractivity contribution is 5.05. The van der Waals surface area contributed by atoms with E-state index in [-0.39, 0.29) is 0 Å². The van der Waals surface area contributed by atoms with Crippen LogP contribution >= 0.6 is 0 Å². The second kappa shape index (κ2) is 4.62. The molecule has 0 radical (unpaired) electrons. The Labute approximate surface area is 85.1 Å². The normalized spacial score (nSPS) is 24.8. The Hall–Kier alpha value is -0.800. The van der Waals surface area contributed by atoms with Gasteiger partial charge in [-0.2, -0.15) is 0 Å². The summed E-state index contributed by atoms with van der Waals surface area (Å²) >= 11 is 0. The summed E-state index contributed by atoms with van der Waals surface area (Å²) in [6, 6.07) is 2.04. The highest BCUT2D eigenvalue weighted by atomic mass is 16.3. The molecule has 0 amide bonds. The first-order valence-corrected chi connectivity index (χ1v) is 5.29. The zero-order valence-corrected chi connectivity index (χ0v) is 8.70. The van der Waals surface area contributed by atoms with Gasteiger partial charge in [-0.25, -0.2) is 0 Å². The molecule has 1 saturated heterocycles. The molecule has 1 fully saturated rings. The van der Waals surface area contributed by atoms with Gasteiger partial charge in [0.15, 0.2) is 0 Å². The second-order valence-corrected chi connectivity index (χ2v) is 4.18. The van der Waals surface area contributed by atoms with Crippen LogP contribution in [0.2, 0.25) is 0 Å². The maximum absolute atomic E-state index is 5.07. The zero-order valence-electron chi connectivity index (χ0n) is 8.70. The van der Waals surface area contributed by atoms with Crippen molar-refractivity contribution in [3.05, 3.63) is 24.2 Å². The fourth-order valence-electron chi connectivity index (χ4n) is 1.97. The van der Waals surface area contributed by atoms with Gasteiger partial charge in [0.05, 0.1) is 12.5 Å². The second-order valence-electron chi connectivity index (χ2n) is 4.18. The molecular formula is C11H18N2O. The topological polar surface area (TPSA) is 28.4 Å². The quantitative estimate of drug-likeness (QED) is 0.769. The first-order chi connectivity index (χ1) is 6.84. The van der Waals surface area contributed by atoms with E-state index in [1.807, 2.05) is 12.3 Å². The lowest BCUT2D eigenvalue weighted by Gasteiger charge is -2.20. The van der Waals surface area contributed by atoms with Crippen molar-refractivity contribution in [2.75, 3.05) is 26.2 Å². The molecule has 78 valence electrons. The summed E-state index contributed by atoms with van der Waals surface area (Å²) in [6.07, 6.45) is 3.58. The van der Waals surface area contributed by atoms with E-state index in [4.69, 9.17) is 4.42 Å². The number of hydrogen-bond acceptors (Lipinski definition) is 3. The van der Waals surface area contributed by atoms with E-state index in [1.165, 1.54) is 12.1 Å². The summed E-state index contributed by atoms with van der Waals surface area (Å²) in [5.74, 6) is 0.740. The number of furan rings is 1. The summed E-state index contributed by atoms with van der Waals surface area (Å²) < 4.78 is 5.07. The largest absolute Gasteiger partial charge is 0.472 e. The molecule has 1 aromatic heterocycles. The Kier molecular flexibility index (Phi) is 3.22. The average Bonchev–Trinajstić information content (AvgIpc) is 2.56. The van der Waals surface area contributed by atoms with Gasteiger partial charge >= 0.3 is 0 Å². The van der Waals surface area contributed by atoms with E-state index in [1.54, 1.807) is 6.26 Å². The summed E-state index contributed by atoms with van der Waals surface area (Å²) in [6.45, 7) is 7.86. The van der Waals surface area contributed by atoms with Gasteiger partial charge in [-0.1, -0.05) is 6.92 Å². The summed E-state index contributed by atoms with van der Waals surface area (Å²) in [5.41, 5.74) is 1.28. The van der Waals surface area contributed by atoms with Crippen LogP contribution in [0.1, 0.15) is 12.5 Å². The fourth-order valence-corrected chi connectivity index (χ4v) is 1.97. The lowest BCUT2D eigenvalue weighted by Crippen LogP contribution is -2.28. The molecule has 1 aromatic rings. The minimum absolute atomic E-state index is 0.740. The Morgan fingerprint density at radius 1 is 1.64 bits per heavy atom. The van der Waals surface area contributed by atoms with Crippen molar-refractivity contribution in [1.29, 1.82) is 0 Å². The van der Waals surface area contributed by atoms with Crippen molar-refractivity contribution in [2.45, 2.75) is 13.5 Å². The van der Waals surface area contributed by atoms with Gasteiger partial charge in [0.25, 0.3) is 0 Å². The molecule has 1 atom stereocenters. The first kappa shape index (κ1) is 9.74. The summed E-state index contributed by atoms with van der Waals surface area (Å²) in [5, 5.41) is 3.44. The molecule has 2 rings (SSSR count). The minimum Gasteiger partial charge on any atom is -0.472 e. The van der Waals surface area contributed by atoms with Crippen LogP contribution < -0.4 is 5.32 Å². The van der Waals surface area contributed by atoms with Gasteiger partial charge in [0.2, 0.25) is 0 Å². The molecule has 1 aliphatic rings. The SMILES string of the molecule is CC1CNCCN(Cc2ccoc2)C1. The molecule has 2 heterocycles. The molecule has 1 N–H and O–H groups in total. The molecule has 1 unspecified atom stereocenters. The van der Waals surface area contributed by atoms with E-state index in [2.05, 4.69) is 17.1 Å². The molecule has 1 aliphatic heterocycles. The predicted octanol–water partition coefficient (Wildman–Crippen LogP) is 1.32. The van der Waals surface area contributed by atoms with Crippen LogP contribution in [0.4, 0.5) is 0 Å². The first-order valence-electron chi connectivity index (χ1n) is 5.29. The summed E-state index contributed by atoms with van der Waals surface area (Å²) in [7, 11) is 0. The lowest BCUT2D eigenvalue weighted by atomic mass is 10.1. The molecule has 0 saturated carbocycles. The average molecular weight is 194 g/mol. The lowest BCUT2D eigenvalue weighted by molar-refractivity contribution is 0.256.